The summed E-state index contributed by atoms with van der Waals surface area (Å²) in [7, 11) is 2.29. The van der Waals surface area contributed by atoms with Gasteiger partial charge in [0.25, 0.3) is 0 Å². The molecule has 108 valence electrons. The first-order valence-corrected chi connectivity index (χ1v) is 7.82. The van der Waals surface area contributed by atoms with Gasteiger partial charge in [-0.1, -0.05) is 40.5 Å². The summed E-state index contributed by atoms with van der Waals surface area (Å²) in [5.74, 6) is 2.45. The lowest BCUT2D eigenvalue weighted by Gasteiger charge is -2.48. The SMILES string of the molecule is CC(C)CCN(C)C1(CN)CCCC(C(C)C)C1. The molecule has 0 aromatic carbocycles. The minimum atomic E-state index is 0.280. The molecule has 0 amide bonds. The van der Waals surface area contributed by atoms with Gasteiger partial charge in [0, 0.05) is 12.1 Å². The molecule has 2 nitrogen and oxygen atoms in total. The third kappa shape index (κ3) is 3.96. The van der Waals surface area contributed by atoms with Crippen molar-refractivity contribution in [1.82, 2.24) is 4.90 Å². The maximum absolute atomic E-state index is 6.17. The number of nitrogens with zero attached hydrogens (tertiary/aromatic N) is 1. The molecule has 1 saturated carbocycles. The summed E-state index contributed by atoms with van der Waals surface area (Å²) in [4.78, 5) is 2.57. The van der Waals surface area contributed by atoms with E-state index in [1.807, 2.05) is 0 Å². The molecule has 0 spiro atoms. The molecule has 18 heavy (non-hydrogen) atoms. The Bertz CT molecular complexity index is 237. The second-order valence-electron chi connectivity index (χ2n) is 7.13. The maximum atomic E-state index is 6.17. The third-order valence-corrected chi connectivity index (χ3v) is 5.03. The molecular weight excluding hydrogens is 220 g/mol. The second-order valence-corrected chi connectivity index (χ2v) is 7.13. The fourth-order valence-corrected chi connectivity index (χ4v) is 3.33. The molecule has 2 atom stereocenters. The molecule has 0 radical (unpaired) electrons. The zero-order chi connectivity index (χ0) is 13.8. The Morgan fingerprint density at radius 1 is 1.28 bits per heavy atom. The predicted molar refractivity (Wildman–Crippen MR) is 80.7 cm³/mol. The Labute approximate surface area is 114 Å². The molecule has 2 N–H and O–H groups in total. The minimum Gasteiger partial charge on any atom is -0.329 e. The van der Waals surface area contributed by atoms with Crippen LogP contribution < -0.4 is 5.73 Å². The van der Waals surface area contributed by atoms with Crippen LogP contribution in [0, 0.1) is 17.8 Å². The molecule has 1 aliphatic carbocycles. The molecule has 0 aromatic heterocycles. The summed E-state index contributed by atoms with van der Waals surface area (Å²) in [6.45, 7) is 11.4. The van der Waals surface area contributed by atoms with Gasteiger partial charge in [0.15, 0.2) is 0 Å². The first-order chi connectivity index (χ1) is 8.41. The number of hydrogen-bond donors (Lipinski definition) is 1. The molecule has 2 unspecified atom stereocenters. The van der Waals surface area contributed by atoms with Gasteiger partial charge in [-0.05, 0) is 50.6 Å². The summed E-state index contributed by atoms with van der Waals surface area (Å²) >= 11 is 0. The summed E-state index contributed by atoms with van der Waals surface area (Å²) in [5.41, 5.74) is 6.45. The number of likely N-dealkylation sites (N-methyl/N-ethyl adjacent to an activating group) is 1. The third-order valence-electron chi connectivity index (χ3n) is 5.03. The monoisotopic (exact) mass is 254 g/mol. The quantitative estimate of drug-likeness (QED) is 0.786. The second kappa shape index (κ2) is 6.91. The van der Waals surface area contributed by atoms with E-state index in [0.717, 1.165) is 24.3 Å². The van der Waals surface area contributed by atoms with Crippen LogP contribution in [0.1, 0.15) is 59.8 Å². The lowest BCUT2D eigenvalue weighted by atomic mass is 9.71. The van der Waals surface area contributed by atoms with Crippen LogP contribution in [-0.4, -0.2) is 30.6 Å². The van der Waals surface area contributed by atoms with Crippen molar-refractivity contribution in [1.29, 1.82) is 0 Å². The fourth-order valence-electron chi connectivity index (χ4n) is 3.33. The molecule has 1 fully saturated rings. The summed E-state index contributed by atoms with van der Waals surface area (Å²) in [6, 6.07) is 0. The highest BCUT2D eigenvalue weighted by atomic mass is 15.2. The zero-order valence-corrected chi connectivity index (χ0v) is 13.2. The Morgan fingerprint density at radius 3 is 2.44 bits per heavy atom. The van der Waals surface area contributed by atoms with E-state index in [1.165, 1.54) is 38.6 Å². The lowest BCUT2D eigenvalue weighted by Crippen LogP contribution is -2.55. The first-order valence-electron chi connectivity index (χ1n) is 7.82. The smallest absolute Gasteiger partial charge is 0.0331 e. The average Bonchev–Trinajstić information content (AvgIpc) is 2.35. The standard InChI is InChI=1S/C16H34N2/c1-13(2)8-10-18(5)16(12-17)9-6-7-15(11-16)14(3)4/h13-15H,6-12,17H2,1-5H3. The molecule has 1 rings (SSSR count). The highest BCUT2D eigenvalue weighted by Gasteiger charge is 2.39. The summed E-state index contributed by atoms with van der Waals surface area (Å²) < 4.78 is 0. The lowest BCUT2D eigenvalue weighted by molar-refractivity contribution is 0.0422. The van der Waals surface area contributed by atoms with Gasteiger partial charge in [-0.2, -0.15) is 0 Å². The molecule has 0 aromatic rings. The van der Waals surface area contributed by atoms with E-state index in [9.17, 15) is 0 Å². The highest BCUT2D eigenvalue weighted by molar-refractivity contribution is 4.96. The molecule has 1 aliphatic rings. The van der Waals surface area contributed by atoms with Gasteiger partial charge in [0.2, 0.25) is 0 Å². The number of nitrogens with two attached hydrogens (primary N) is 1. The van der Waals surface area contributed by atoms with Gasteiger partial charge < -0.3 is 5.73 Å². The van der Waals surface area contributed by atoms with Gasteiger partial charge in [-0.3, -0.25) is 4.90 Å². The van der Waals surface area contributed by atoms with E-state index >= 15 is 0 Å². The van der Waals surface area contributed by atoms with Crippen LogP contribution in [0.3, 0.4) is 0 Å². The number of hydrogen-bond acceptors (Lipinski definition) is 2. The van der Waals surface area contributed by atoms with Gasteiger partial charge in [0.1, 0.15) is 0 Å². The zero-order valence-electron chi connectivity index (χ0n) is 13.2. The Morgan fingerprint density at radius 2 is 1.94 bits per heavy atom. The van der Waals surface area contributed by atoms with Crippen molar-refractivity contribution in [2.24, 2.45) is 23.5 Å². The van der Waals surface area contributed by atoms with Crippen molar-refractivity contribution < 1.29 is 0 Å². The average molecular weight is 254 g/mol. The molecule has 0 bridgehead atoms. The van der Waals surface area contributed by atoms with Crippen molar-refractivity contribution in [3.63, 3.8) is 0 Å². The van der Waals surface area contributed by atoms with Crippen molar-refractivity contribution in [3.8, 4) is 0 Å². The van der Waals surface area contributed by atoms with Crippen molar-refractivity contribution in [3.05, 3.63) is 0 Å². The van der Waals surface area contributed by atoms with Gasteiger partial charge in [0.05, 0.1) is 0 Å². The fraction of sp³-hybridized carbons (Fsp3) is 1.00. The number of rotatable bonds is 6. The van der Waals surface area contributed by atoms with Crippen molar-refractivity contribution in [2.75, 3.05) is 20.1 Å². The molecule has 0 heterocycles. The largest absolute Gasteiger partial charge is 0.329 e. The summed E-state index contributed by atoms with van der Waals surface area (Å²) in [6.07, 6.45) is 6.63. The van der Waals surface area contributed by atoms with Crippen LogP contribution in [0.4, 0.5) is 0 Å². The van der Waals surface area contributed by atoms with Crippen molar-refractivity contribution >= 4 is 0 Å². The van der Waals surface area contributed by atoms with Crippen LogP contribution >= 0.6 is 0 Å². The van der Waals surface area contributed by atoms with Gasteiger partial charge in [-0.25, -0.2) is 0 Å². The molecule has 0 saturated heterocycles. The highest BCUT2D eigenvalue weighted by Crippen LogP contribution is 2.39. The van der Waals surface area contributed by atoms with E-state index < -0.39 is 0 Å². The molecule has 2 heteroatoms. The van der Waals surface area contributed by atoms with Gasteiger partial charge >= 0.3 is 0 Å². The van der Waals surface area contributed by atoms with E-state index in [-0.39, 0.29) is 5.54 Å². The first kappa shape index (κ1) is 16.0. The van der Waals surface area contributed by atoms with E-state index in [1.54, 1.807) is 0 Å². The Hall–Kier alpha value is -0.0800. The van der Waals surface area contributed by atoms with E-state index in [4.69, 9.17) is 5.73 Å². The topological polar surface area (TPSA) is 29.3 Å². The van der Waals surface area contributed by atoms with Gasteiger partial charge in [-0.15, -0.1) is 0 Å². The van der Waals surface area contributed by atoms with Crippen LogP contribution in [0.15, 0.2) is 0 Å². The van der Waals surface area contributed by atoms with Crippen LogP contribution in [0.25, 0.3) is 0 Å². The van der Waals surface area contributed by atoms with Crippen LogP contribution in [0.5, 0.6) is 0 Å². The van der Waals surface area contributed by atoms with Crippen LogP contribution in [0.2, 0.25) is 0 Å². The van der Waals surface area contributed by atoms with E-state index in [0.29, 0.717) is 0 Å². The molecule has 0 aliphatic heterocycles. The summed E-state index contributed by atoms with van der Waals surface area (Å²) in [5, 5.41) is 0. The predicted octanol–water partition coefficient (Wildman–Crippen LogP) is 3.51. The Kier molecular flexibility index (Phi) is 6.13. The maximum Gasteiger partial charge on any atom is 0.0331 e. The normalized spacial score (nSPS) is 29.5. The molecular formula is C16H34N2. The van der Waals surface area contributed by atoms with E-state index in [2.05, 4.69) is 39.6 Å². The van der Waals surface area contributed by atoms with Crippen molar-refractivity contribution in [2.45, 2.75) is 65.3 Å². The Balaban J connectivity index is 2.65. The minimum absolute atomic E-state index is 0.280. The van der Waals surface area contributed by atoms with Crippen LogP contribution in [-0.2, 0) is 0 Å².